The minimum absolute atomic E-state index is 0.103. The van der Waals surface area contributed by atoms with E-state index < -0.39 is 0 Å². The molecule has 7 heteroatoms. The molecule has 1 aliphatic rings. The lowest BCUT2D eigenvalue weighted by molar-refractivity contribution is -0.121. The third kappa shape index (κ3) is 4.73. The fourth-order valence-electron chi connectivity index (χ4n) is 4.63. The van der Waals surface area contributed by atoms with Crippen LogP contribution >= 0.6 is 11.3 Å². The fourth-order valence-corrected chi connectivity index (χ4v) is 5.29. The van der Waals surface area contributed by atoms with Crippen molar-refractivity contribution in [2.75, 3.05) is 0 Å². The second-order valence-corrected chi connectivity index (χ2v) is 10.3. The molecule has 6 nitrogen and oxygen atoms in total. The summed E-state index contributed by atoms with van der Waals surface area (Å²) in [5, 5.41) is 16.1. The van der Waals surface area contributed by atoms with E-state index in [1.165, 1.54) is 5.56 Å². The lowest BCUT2D eigenvalue weighted by atomic mass is 10.0. The Balaban J connectivity index is 1.38. The first-order valence-electron chi connectivity index (χ1n) is 13.0. The Labute approximate surface area is 225 Å². The van der Waals surface area contributed by atoms with Crippen LogP contribution in [-0.4, -0.2) is 26.1 Å². The molecule has 0 unspecified atom stereocenters. The van der Waals surface area contributed by atoms with E-state index in [0.29, 0.717) is 0 Å². The molecule has 6 rings (SSSR count). The Bertz CT molecular complexity index is 1710. The molecule has 3 aromatic heterocycles. The number of nitrogens with zero attached hydrogens (tertiary/aromatic N) is 2. The van der Waals surface area contributed by atoms with Gasteiger partial charge in [0.2, 0.25) is 5.91 Å². The van der Waals surface area contributed by atoms with Crippen molar-refractivity contribution in [1.82, 2.24) is 25.5 Å². The first-order valence-corrected chi connectivity index (χ1v) is 13.9. The fraction of sp³-hybridized carbons (Fsp3) is 0.194. The average molecular weight is 520 g/mol. The van der Waals surface area contributed by atoms with Crippen molar-refractivity contribution in [3.05, 3.63) is 88.8 Å². The number of carbonyl (C=O) groups excluding carboxylic acids is 1. The molecule has 1 saturated carbocycles. The van der Waals surface area contributed by atoms with Gasteiger partial charge in [-0.1, -0.05) is 37.3 Å². The number of allylic oxidation sites excluding steroid dienone is 5. The Morgan fingerprint density at radius 3 is 2.84 bits per heavy atom. The van der Waals surface area contributed by atoms with Crippen molar-refractivity contribution < 1.29 is 4.79 Å². The maximum absolute atomic E-state index is 12.5. The van der Waals surface area contributed by atoms with E-state index in [9.17, 15) is 4.79 Å². The smallest absolute Gasteiger partial charge is 0.227 e. The zero-order valence-electron chi connectivity index (χ0n) is 21.4. The first kappa shape index (κ1) is 24.1. The van der Waals surface area contributed by atoms with Gasteiger partial charge in [-0.05, 0) is 90.1 Å². The molecule has 5 aromatic rings. The zero-order valence-corrected chi connectivity index (χ0v) is 22.2. The molecule has 3 heterocycles. The Morgan fingerprint density at radius 2 is 2.08 bits per heavy atom. The molecule has 0 saturated heterocycles. The number of para-hydroxylation sites is 1. The number of aromatic amines is 2. The van der Waals surface area contributed by atoms with Crippen molar-refractivity contribution in [2.45, 2.75) is 33.1 Å². The number of H-pyrrole nitrogens is 2. The van der Waals surface area contributed by atoms with Crippen molar-refractivity contribution in [3.63, 3.8) is 0 Å². The predicted molar refractivity (Wildman–Crippen MR) is 157 cm³/mol. The summed E-state index contributed by atoms with van der Waals surface area (Å²) in [7, 11) is 0. The number of benzene rings is 2. The zero-order chi connectivity index (χ0) is 26.1. The van der Waals surface area contributed by atoms with E-state index in [4.69, 9.17) is 4.98 Å². The maximum Gasteiger partial charge on any atom is 0.227 e. The Hall–Kier alpha value is -4.23. The number of hydrogen-bond donors (Lipinski definition) is 3. The largest absolute Gasteiger partial charge is 0.337 e. The third-order valence-electron chi connectivity index (χ3n) is 6.84. The highest BCUT2D eigenvalue weighted by Crippen LogP contribution is 2.33. The van der Waals surface area contributed by atoms with Gasteiger partial charge < -0.3 is 10.3 Å². The van der Waals surface area contributed by atoms with Gasteiger partial charge in [0.05, 0.1) is 16.6 Å². The SMILES string of the molecule is CC=C(C=C(C=CCC)NC(=O)C1CC1)c1ccc2[nH]nc(-c3nc4c(-c5ccsc5)cccc4[nH]3)c2c1. The lowest BCUT2D eigenvalue weighted by Gasteiger charge is -2.09. The molecule has 1 aliphatic carbocycles. The van der Waals surface area contributed by atoms with Gasteiger partial charge in [0.25, 0.3) is 0 Å². The number of hydrogen-bond acceptors (Lipinski definition) is 4. The van der Waals surface area contributed by atoms with E-state index in [1.807, 2.05) is 31.2 Å². The van der Waals surface area contributed by atoms with Crippen LogP contribution < -0.4 is 5.32 Å². The van der Waals surface area contributed by atoms with E-state index in [2.05, 4.69) is 80.7 Å². The van der Waals surface area contributed by atoms with E-state index in [0.717, 1.165) is 75.1 Å². The van der Waals surface area contributed by atoms with Crippen LogP contribution in [0.25, 0.3) is 50.2 Å². The van der Waals surface area contributed by atoms with Gasteiger partial charge in [-0.15, -0.1) is 0 Å². The summed E-state index contributed by atoms with van der Waals surface area (Å²) in [6.07, 6.45) is 11.0. The number of imidazole rings is 1. The molecule has 0 aliphatic heterocycles. The molecule has 0 atom stereocenters. The van der Waals surface area contributed by atoms with Crippen molar-refractivity contribution >= 4 is 44.8 Å². The number of carbonyl (C=O) groups is 1. The number of thiophene rings is 1. The Kier molecular flexibility index (Phi) is 6.52. The summed E-state index contributed by atoms with van der Waals surface area (Å²) < 4.78 is 0. The summed E-state index contributed by atoms with van der Waals surface area (Å²) in [5.74, 6) is 0.982. The van der Waals surface area contributed by atoms with Crippen LogP contribution in [0.5, 0.6) is 0 Å². The van der Waals surface area contributed by atoms with Gasteiger partial charge in [-0.25, -0.2) is 4.98 Å². The highest BCUT2D eigenvalue weighted by molar-refractivity contribution is 7.08. The molecule has 190 valence electrons. The highest BCUT2D eigenvalue weighted by atomic mass is 32.1. The molecular weight excluding hydrogens is 490 g/mol. The van der Waals surface area contributed by atoms with E-state index in [-0.39, 0.29) is 11.8 Å². The minimum atomic E-state index is 0.103. The second-order valence-electron chi connectivity index (χ2n) is 9.55. The molecule has 0 radical (unpaired) electrons. The van der Waals surface area contributed by atoms with Crippen LogP contribution in [0.1, 0.15) is 38.7 Å². The van der Waals surface area contributed by atoms with Gasteiger partial charge in [0, 0.05) is 22.6 Å². The van der Waals surface area contributed by atoms with Gasteiger partial charge in [0.1, 0.15) is 5.69 Å². The van der Waals surface area contributed by atoms with E-state index in [1.54, 1.807) is 11.3 Å². The summed E-state index contributed by atoms with van der Waals surface area (Å²) in [4.78, 5) is 20.9. The summed E-state index contributed by atoms with van der Waals surface area (Å²) >= 11 is 1.68. The molecular formula is C31H29N5OS. The predicted octanol–water partition coefficient (Wildman–Crippen LogP) is 7.61. The number of fused-ring (bicyclic) bond motifs is 2. The third-order valence-corrected chi connectivity index (χ3v) is 7.52. The number of nitrogens with one attached hydrogen (secondary N) is 3. The van der Waals surface area contributed by atoms with Gasteiger partial charge in [0.15, 0.2) is 5.82 Å². The van der Waals surface area contributed by atoms with Gasteiger partial charge in [-0.2, -0.15) is 16.4 Å². The molecule has 1 amide bonds. The monoisotopic (exact) mass is 519 g/mol. The maximum atomic E-state index is 12.5. The second kappa shape index (κ2) is 10.3. The van der Waals surface area contributed by atoms with Crippen molar-refractivity contribution in [3.8, 4) is 22.6 Å². The molecule has 0 spiro atoms. The van der Waals surface area contributed by atoms with Crippen LogP contribution in [0.4, 0.5) is 0 Å². The van der Waals surface area contributed by atoms with Crippen molar-refractivity contribution in [2.24, 2.45) is 5.92 Å². The lowest BCUT2D eigenvalue weighted by Crippen LogP contribution is -2.23. The quantitative estimate of drug-likeness (QED) is 0.184. The number of aromatic nitrogens is 4. The average Bonchev–Trinajstić information content (AvgIpc) is 3.29. The topological polar surface area (TPSA) is 86.5 Å². The van der Waals surface area contributed by atoms with Crippen LogP contribution in [0.15, 0.2) is 83.2 Å². The standard InChI is InChI=1S/C31H29N5OS/c1-3-5-7-23(32-31(37)20-10-11-20)16-19(4-2)21-12-13-26-25(17-21)29(36-35-26)30-33-27-9-6-8-24(28(27)34-30)22-14-15-38-18-22/h4-9,12-18,20H,3,10-11H2,1-2H3,(H,32,37)(H,33,34)(H,35,36). The summed E-state index contributed by atoms with van der Waals surface area (Å²) in [6.45, 7) is 4.10. The number of rotatable bonds is 8. The normalized spacial score (nSPS) is 14.7. The molecule has 1 fully saturated rings. The summed E-state index contributed by atoms with van der Waals surface area (Å²) in [6, 6.07) is 14.6. The molecule has 3 N–H and O–H groups in total. The van der Waals surface area contributed by atoms with Crippen LogP contribution in [0.3, 0.4) is 0 Å². The number of amides is 1. The first-order chi connectivity index (χ1) is 18.6. The minimum Gasteiger partial charge on any atom is -0.337 e. The molecule has 2 aromatic carbocycles. The Morgan fingerprint density at radius 1 is 1.18 bits per heavy atom. The van der Waals surface area contributed by atoms with Crippen LogP contribution in [0, 0.1) is 5.92 Å². The van der Waals surface area contributed by atoms with Crippen LogP contribution in [0.2, 0.25) is 0 Å². The van der Waals surface area contributed by atoms with Crippen LogP contribution in [-0.2, 0) is 4.79 Å². The molecule has 0 bridgehead atoms. The highest BCUT2D eigenvalue weighted by Gasteiger charge is 2.29. The van der Waals surface area contributed by atoms with Crippen molar-refractivity contribution in [1.29, 1.82) is 0 Å². The van der Waals surface area contributed by atoms with E-state index >= 15 is 0 Å². The van der Waals surface area contributed by atoms with Gasteiger partial charge >= 0.3 is 0 Å². The summed E-state index contributed by atoms with van der Waals surface area (Å²) in [5.41, 5.74) is 8.78. The van der Waals surface area contributed by atoms with Gasteiger partial charge in [-0.3, -0.25) is 9.89 Å². The molecule has 38 heavy (non-hydrogen) atoms.